The molecule has 0 aliphatic heterocycles. The van der Waals surface area contributed by atoms with Crippen LogP contribution in [0, 0.1) is 6.92 Å². The van der Waals surface area contributed by atoms with E-state index in [0.717, 1.165) is 13.8 Å². The topological polar surface area (TPSA) is 29.1 Å². The lowest BCUT2D eigenvalue weighted by Gasteiger charge is -2.08. The Labute approximate surface area is 141 Å². The Bertz CT molecular complexity index is 615. The summed E-state index contributed by atoms with van der Waals surface area (Å²) in [6, 6.07) is 5.17. The molecule has 0 fully saturated rings. The number of benzene rings is 1. The molecule has 0 saturated carbocycles. The van der Waals surface area contributed by atoms with Crippen LogP contribution in [0.25, 0.3) is 0 Å². The monoisotopic (exact) mass is 441 g/mol. The molecule has 0 spiro atoms. The lowest BCUT2D eigenvalue weighted by atomic mass is 10.3. The Kier molecular flexibility index (Phi) is 4.95. The highest BCUT2D eigenvalue weighted by Gasteiger charge is 2.15. The zero-order chi connectivity index (χ0) is 14.2. The molecule has 0 saturated heterocycles. The summed E-state index contributed by atoms with van der Waals surface area (Å²) in [7, 11) is 0. The first-order chi connectivity index (χ1) is 8.88. The summed E-state index contributed by atoms with van der Waals surface area (Å²) in [5, 5.41) is 3.51. The maximum absolute atomic E-state index is 12.1. The average Bonchev–Trinajstić information content (AvgIpc) is 2.64. The molecule has 0 radical (unpaired) electrons. The Morgan fingerprint density at radius 1 is 1.21 bits per heavy atom. The molecule has 1 aromatic carbocycles. The minimum Gasteiger partial charge on any atom is -0.319 e. The number of carbonyl (C=O) groups excluding carboxylic acids is 1. The molecule has 0 aliphatic rings. The third-order valence-electron chi connectivity index (χ3n) is 2.33. The number of aryl methyl sites for hydroxylation is 1. The molecule has 7 heteroatoms. The second-order valence-corrected chi connectivity index (χ2v) is 7.87. The van der Waals surface area contributed by atoms with Crippen molar-refractivity contribution in [3.63, 3.8) is 0 Å². The molecule has 1 heterocycles. The van der Waals surface area contributed by atoms with Gasteiger partial charge in [-0.15, -0.1) is 11.3 Å². The standard InChI is InChI=1S/C12H7Br2Cl2NOS/c1-5-2-9(19-11(5)14)12(18)17-10-7(15)3-6(13)4-8(10)16/h2-4H,1H3,(H,17,18). The number of thiophene rings is 1. The van der Waals surface area contributed by atoms with Gasteiger partial charge in [0.15, 0.2) is 0 Å². The molecule has 2 rings (SSSR count). The third-order valence-corrected chi connectivity index (χ3v) is 5.52. The van der Waals surface area contributed by atoms with Crippen molar-refractivity contribution >= 4 is 78.0 Å². The lowest BCUT2D eigenvalue weighted by Crippen LogP contribution is -2.11. The highest BCUT2D eigenvalue weighted by molar-refractivity contribution is 9.11. The van der Waals surface area contributed by atoms with E-state index < -0.39 is 0 Å². The Hall–Kier alpha value is -0.0700. The van der Waals surface area contributed by atoms with Crippen LogP contribution in [0.2, 0.25) is 10.0 Å². The zero-order valence-corrected chi connectivity index (χ0v) is 15.1. The van der Waals surface area contributed by atoms with Gasteiger partial charge in [0, 0.05) is 4.47 Å². The molecular weight excluding hydrogens is 437 g/mol. The van der Waals surface area contributed by atoms with E-state index in [4.69, 9.17) is 23.2 Å². The van der Waals surface area contributed by atoms with Crippen molar-refractivity contribution in [2.75, 3.05) is 5.32 Å². The first kappa shape index (κ1) is 15.3. The fourth-order valence-corrected chi connectivity index (χ4v) is 4.14. The fraction of sp³-hybridized carbons (Fsp3) is 0.0833. The molecule has 1 aromatic heterocycles. The molecular formula is C12H7Br2Cl2NOS. The molecule has 0 aliphatic carbocycles. The first-order valence-electron chi connectivity index (χ1n) is 5.10. The van der Waals surface area contributed by atoms with Gasteiger partial charge in [0.25, 0.3) is 5.91 Å². The van der Waals surface area contributed by atoms with E-state index in [1.807, 2.05) is 13.0 Å². The van der Waals surface area contributed by atoms with E-state index in [0.29, 0.717) is 20.6 Å². The summed E-state index contributed by atoms with van der Waals surface area (Å²) in [4.78, 5) is 12.7. The molecule has 1 N–H and O–H groups in total. The Balaban J connectivity index is 2.29. The van der Waals surface area contributed by atoms with Crippen LogP contribution >= 0.6 is 66.4 Å². The number of hydrogen-bond donors (Lipinski definition) is 1. The van der Waals surface area contributed by atoms with Gasteiger partial charge in [-0.3, -0.25) is 4.79 Å². The predicted molar refractivity (Wildman–Crippen MR) is 88.9 cm³/mol. The van der Waals surface area contributed by atoms with Crippen LogP contribution in [-0.4, -0.2) is 5.91 Å². The highest BCUT2D eigenvalue weighted by atomic mass is 79.9. The fourth-order valence-electron chi connectivity index (χ4n) is 1.41. The van der Waals surface area contributed by atoms with Crippen molar-refractivity contribution in [2.45, 2.75) is 6.92 Å². The quantitative estimate of drug-likeness (QED) is 0.593. The van der Waals surface area contributed by atoms with Gasteiger partial charge in [0.1, 0.15) is 0 Å². The van der Waals surface area contributed by atoms with Crippen molar-refractivity contribution < 1.29 is 4.79 Å². The van der Waals surface area contributed by atoms with Gasteiger partial charge in [-0.05, 0) is 46.6 Å². The predicted octanol–water partition coefficient (Wildman–Crippen LogP) is 6.14. The van der Waals surface area contributed by atoms with Gasteiger partial charge < -0.3 is 5.32 Å². The van der Waals surface area contributed by atoms with Crippen molar-refractivity contribution in [3.05, 3.63) is 46.9 Å². The molecule has 1 amide bonds. The Morgan fingerprint density at radius 3 is 2.26 bits per heavy atom. The smallest absolute Gasteiger partial charge is 0.265 e. The molecule has 0 unspecified atom stereocenters. The maximum atomic E-state index is 12.1. The van der Waals surface area contributed by atoms with Crippen molar-refractivity contribution in [3.8, 4) is 0 Å². The van der Waals surface area contributed by atoms with Crippen molar-refractivity contribution in [2.24, 2.45) is 0 Å². The second kappa shape index (κ2) is 6.14. The first-order valence-corrected chi connectivity index (χ1v) is 8.26. The number of anilines is 1. The van der Waals surface area contributed by atoms with E-state index in [9.17, 15) is 4.79 Å². The summed E-state index contributed by atoms with van der Waals surface area (Å²) >= 11 is 20.2. The van der Waals surface area contributed by atoms with Crippen LogP contribution in [0.15, 0.2) is 26.5 Å². The van der Waals surface area contributed by atoms with Crippen LogP contribution in [0.3, 0.4) is 0 Å². The minimum atomic E-state index is -0.232. The van der Waals surface area contributed by atoms with Gasteiger partial charge in [-0.2, -0.15) is 0 Å². The van der Waals surface area contributed by atoms with E-state index in [1.165, 1.54) is 11.3 Å². The van der Waals surface area contributed by atoms with Crippen LogP contribution in [0.5, 0.6) is 0 Å². The largest absolute Gasteiger partial charge is 0.319 e. The van der Waals surface area contributed by atoms with E-state index in [-0.39, 0.29) is 5.91 Å². The summed E-state index contributed by atoms with van der Waals surface area (Å²) in [5.74, 6) is -0.232. The van der Waals surface area contributed by atoms with Gasteiger partial charge in [0.05, 0.1) is 24.4 Å². The zero-order valence-electron chi connectivity index (χ0n) is 9.56. The van der Waals surface area contributed by atoms with E-state index in [1.54, 1.807) is 12.1 Å². The van der Waals surface area contributed by atoms with Crippen molar-refractivity contribution in [1.82, 2.24) is 0 Å². The summed E-state index contributed by atoms with van der Waals surface area (Å²) in [6.45, 7) is 1.93. The minimum absolute atomic E-state index is 0.232. The summed E-state index contributed by atoms with van der Waals surface area (Å²) in [6.07, 6.45) is 0. The average molecular weight is 444 g/mol. The molecule has 2 aromatic rings. The van der Waals surface area contributed by atoms with Crippen LogP contribution in [0.1, 0.15) is 15.2 Å². The number of carbonyl (C=O) groups is 1. The van der Waals surface area contributed by atoms with Gasteiger partial charge in [-0.25, -0.2) is 0 Å². The lowest BCUT2D eigenvalue weighted by molar-refractivity contribution is 0.103. The molecule has 0 atom stereocenters. The molecule has 0 bridgehead atoms. The molecule has 2 nitrogen and oxygen atoms in total. The molecule has 19 heavy (non-hydrogen) atoms. The summed E-state index contributed by atoms with van der Waals surface area (Å²) < 4.78 is 1.70. The number of rotatable bonds is 2. The SMILES string of the molecule is Cc1cc(C(=O)Nc2c(Cl)cc(Br)cc2Cl)sc1Br. The second-order valence-electron chi connectivity index (χ2n) is 3.77. The number of hydrogen-bond acceptors (Lipinski definition) is 2. The van der Waals surface area contributed by atoms with Crippen molar-refractivity contribution in [1.29, 1.82) is 0 Å². The van der Waals surface area contributed by atoms with Crippen LogP contribution in [0.4, 0.5) is 5.69 Å². The third kappa shape index (κ3) is 3.52. The van der Waals surface area contributed by atoms with Gasteiger partial charge in [0.2, 0.25) is 0 Å². The van der Waals surface area contributed by atoms with Gasteiger partial charge in [-0.1, -0.05) is 39.1 Å². The van der Waals surface area contributed by atoms with Crippen LogP contribution < -0.4 is 5.32 Å². The maximum Gasteiger partial charge on any atom is 0.265 e. The van der Waals surface area contributed by atoms with Crippen LogP contribution in [-0.2, 0) is 0 Å². The number of halogens is 4. The number of nitrogens with one attached hydrogen (secondary N) is 1. The highest BCUT2D eigenvalue weighted by Crippen LogP contribution is 2.35. The Morgan fingerprint density at radius 2 is 1.79 bits per heavy atom. The molecule has 100 valence electrons. The summed E-state index contributed by atoms with van der Waals surface area (Å²) in [5.41, 5.74) is 1.43. The number of amides is 1. The van der Waals surface area contributed by atoms with Gasteiger partial charge >= 0.3 is 0 Å². The van der Waals surface area contributed by atoms with E-state index >= 15 is 0 Å². The van der Waals surface area contributed by atoms with E-state index in [2.05, 4.69) is 37.2 Å². The normalized spacial score (nSPS) is 10.6.